The molecule has 3 N–H and O–H groups in total. The van der Waals surface area contributed by atoms with Gasteiger partial charge in [0.25, 0.3) is 0 Å². The van der Waals surface area contributed by atoms with Crippen molar-refractivity contribution in [1.29, 1.82) is 0 Å². The summed E-state index contributed by atoms with van der Waals surface area (Å²) >= 11 is 0. The minimum absolute atomic E-state index is 0.0884. The Balaban J connectivity index is 1.39. The normalized spacial score (nSPS) is 17.4. The molecule has 0 unspecified atom stereocenters. The van der Waals surface area contributed by atoms with Crippen LogP contribution in [0.4, 0.5) is 4.79 Å². The van der Waals surface area contributed by atoms with E-state index in [0.29, 0.717) is 6.42 Å². The molecule has 2 aromatic carbocycles. The summed E-state index contributed by atoms with van der Waals surface area (Å²) in [4.78, 5) is 37.2. The van der Waals surface area contributed by atoms with E-state index in [-0.39, 0.29) is 38.6 Å². The lowest BCUT2D eigenvalue weighted by Gasteiger charge is -2.35. The van der Waals surface area contributed by atoms with E-state index in [2.05, 4.69) is 22.8 Å². The maximum atomic E-state index is 12.8. The van der Waals surface area contributed by atoms with Gasteiger partial charge in [-0.1, -0.05) is 55.5 Å². The van der Waals surface area contributed by atoms with Gasteiger partial charge in [-0.25, -0.2) is 9.59 Å². The Morgan fingerprint density at radius 1 is 1.06 bits per heavy atom. The zero-order chi connectivity index (χ0) is 23.4. The second-order valence-electron chi connectivity index (χ2n) is 8.42. The van der Waals surface area contributed by atoms with Gasteiger partial charge in [0.1, 0.15) is 18.2 Å². The molecule has 0 aromatic heterocycles. The van der Waals surface area contributed by atoms with Gasteiger partial charge in [-0.2, -0.15) is 0 Å². The summed E-state index contributed by atoms with van der Waals surface area (Å²) in [7, 11) is 0. The Labute approximate surface area is 192 Å². The number of nitrogens with one attached hydrogen (secondary N) is 2. The quantitative estimate of drug-likeness (QED) is 0.595. The van der Waals surface area contributed by atoms with Crippen molar-refractivity contribution in [2.24, 2.45) is 0 Å². The monoisotopic (exact) mass is 452 g/mol. The molecule has 8 nitrogen and oxygen atoms in total. The van der Waals surface area contributed by atoms with Crippen LogP contribution in [-0.2, 0) is 19.1 Å². The highest BCUT2D eigenvalue weighted by molar-refractivity contribution is 5.91. The molecule has 1 heterocycles. The first-order valence-corrected chi connectivity index (χ1v) is 11.2. The van der Waals surface area contributed by atoms with E-state index >= 15 is 0 Å². The van der Waals surface area contributed by atoms with E-state index in [9.17, 15) is 19.5 Å². The van der Waals surface area contributed by atoms with Crippen molar-refractivity contribution < 1.29 is 29.0 Å². The van der Waals surface area contributed by atoms with Gasteiger partial charge in [-0.05, 0) is 28.7 Å². The van der Waals surface area contributed by atoms with Gasteiger partial charge in [0, 0.05) is 32.0 Å². The minimum Gasteiger partial charge on any atom is -0.480 e. The van der Waals surface area contributed by atoms with E-state index in [1.165, 1.54) is 0 Å². The summed E-state index contributed by atoms with van der Waals surface area (Å²) in [5.41, 5.74) is 3.07. The van der Waals surface area contributed by atoms with E-state index in [1.807, 2.05) is 36.4 Å². The van der Waals surface area contributed by atoms with Crippen molar-refractivity contribution in [3.05, 3.63) is 59.7 Å². The van der Waals surface area contributed by atoms with Gasteiger partial charge < -0.3 is 25.2 Å². The van der Waals surface area contributed by atoms with Crippen molar-refractivity contribution in [3.8, 4) is 11.1 Å². The first-order chi connectivity index (χ1) is 15.9. The zero-order valence-electron chi connectivity index (χ0n) is 18.5. The fourth-order valence-corrected chi connectivity index (χ4v) is 4.57. The van der Waals surface area contributed by atoms with Gasteiger partial charge in [0.2, 0.25) is 5.91 Å². The average Bonchev–Trinajstić information content (AvgIpc) is 3.15. The second kappa shape index (κ2) is 9.62. The summed E-state index contributed by atoms with van der Waals surface area (Å²) < 4.78 is 10.8. The van der Waals surface area contributed by atoms with Crippen LogP contribution in [0.25, 0.3) is 11.1 Å². The minimum atomic E-state index is -1.38. The second-order valence-corrected chi connectivity index (χ2v) is 8.42. The Kier molecular flexibility index (Phi) is 6.65. The van der Waals surface area contributed by atoms with Crippen LogP contribution in [0.1, 0.15) is 43.2 Å². The number of carboxylic acids is 1. The Morgan fingerprint density at radius 2 is 1.64 bits per heavy atom. The van der Waals surface area contributed by atoms with Crippen LogP contribution in [0.5, 0.6) is 0 Å². The molecule has 2 amide bonds. The zero-order valence-corrected chi connectivity index (χ0v) is 18.5. The molecular formula is C25H28N2O6. The molecule has 0 saturated carbocycles. The molecular weight excluding hydrogens is 424 g/mol. The van der Waals surface area contributed by atoms with Crippen LogP contribution in [-0.4, -0.2) is 54.5 Å². The molecule has 0 bridgehead atoms. The lowest BCUT2D eigenvalue weighted by Crippen LogP contribution is -2.61. The first-order valence-electron chi connectivity index (χ1n) is 11.2. The molecule has 2 aromatic rings. The van der Waals surface area contributed by atoms with Crippen molar-refractivity contribution in [3.63, 3.8) is 0 Å². The number of hydrogen-bond donors (Lipinski definition) is 3. The molecule has 2 aliphatic rings. The van der Waals surface area contributed by atoms with Gasteiger partial charge in [-0.15, -0.1) is 0 Å². The van der Waals surface area contributed by atoms with Crippen LogP contribution in [0.2, 0.25) is 0 Å². The van der Waals surface area contributed by atoms with E-state index in [0.717, 1.165) is 22.3 Å². The Morgan fingerprint density at radius 3 is 2.18 bits per heavy atom. The number of alkyl carbamates (subject to hydrolysis) is 1. The molecule has 33 heavy (non-hydrogen) atoms. The lowest BCUT2D eigenvalue weighted by molar-refractivity contribution is -0.152. The van der Waals surface area contributed by atoms with Crippen molar-refractivity contribution >= 4 is 18.0 Å². The molecule has 1 atom stereocenters. The molecule has 8 heteroatoms. The SMILES string of the molecule is CC[C@H](NC(=O)OCC1c2ccccc2-c2ccccc21)C(=O)NC1(C(=O)O)CCOCC1. The number of carbonyl (C=O) groups is 3. The molecule has 0 radical (unpaired) electrons. The third-order valence-corrected chi connectivity index (χ3v) is 6.48. The topological polar surface area (TPSA) is 114 Å². The average molecular weight is 453 g/mol. The summed E-state index contributed by atoms with van der Waals surface area (Å²) in [5.74, 6) is -1.74. The molecule has 1 fully saturated rings. The largest absolute Gasteiger partial charge is 0.480 e. The fourth-order valence-electron chi connectivity index (χ4n) is 4.57. The van der Waals surface area contributed by atoms with Crippen LogP contribution >= 0.6 is 0 Å². The third-order valence-electron chi connectivity index (χ3n) is 6.48. The van der Waals surface area contributed by atoms with Crippen molar-refractivity contribution in [1.82, 2.24) is 10.6 Å². The summed E-state index contributed by atoms with van der Waals surface area (Å²) in [5, 5.41) is 14.9. The number of amides is 2. The Bertz CT molecular complexity index is 1000. The van der Waals surface area contributed by atoms with Gasteiger partial charge in [-0.3, -0.25) is 4.79 Å². The number of benzene rings is 2. The van der Waals surface area contributed by atoms with Gasteiger partial charge in [0.15, 0.2) is 0 Å². The fraction of sp³-hybridized carbons (Fsp3) is 0.400. The van der Waals surface area contributed by atoms with Crippen LogP contribution in [0, 0.1) is 0 Å². The van der Waals surface area contributed by atoms with Gasteiger partial charge in [0.05, 0.1) is 0 Å². The van der Waals surface area contributed by atoms with Crippen LogP contribution in [0.15, 0.2) is 48.5 Å². The number of fused-ring (bicyclic) bond motifs is 3. The number of aliphatic carboxylic acids is 1. The Hall–Kier alpha value is -3.39. The summed E-state index contributed by atoms with van der Waals surface area (Å²) in [6.07, 6.45) is -0.0668. The smallest absolute Gasteiger partial charge is 0.407 e. The van der Waals surface area contributed by atoms with E-state index in [4.69, 9.17) is 9.47 Å². The van der Waals surface area contributed by atoms with Crippen molar-refractivity contribution in [2.75, 3.05) is 19.8 Å². The number of hydrogen-bond acceptors (Lipinski definition) is 5. The van der Waals surface area contributed by atoms with Crippen molar-refractivity contribution in [2.45, 2.75) is 43.7 Å². The summed E-state index contributed by atoms with van der Waals surface area (Å²) in [6, 6.07) is 15.2. The standard InChI is InChI=1S/C25H28N2O6/c1-2-21(22(28)27-25(23(29)30)11-13-32-14-12-25)26-24(31)33-15-20-18-9-5-3-7-16(18)17-8-4-6-10-19(17)20/h3-10,20-21H,2,11-15H2,1H3,(H,26,31)(H,27,28)(H,29,30)/t21-/m0/s1. The molecule has 174 valence electrons. The predicted octanol–water partition coefficient (Wildman–Crippen LogP) is 3.05. The van der Waals surface area contributed by atoms with Crippen LogP contribution in [0.3, 0.4) is 0 Å². The molecule has 4 rings (SSSR count). The van der Waals surface area contributed by atoms with Gasteiger partial charge >= 0.3 is 12.1 Å². The number of carbonyl (C=O) groups excluding carboxylic acids is 2. The maximum Gasteiger partial charge on any atom is 0.407 e. The molecule has 0 spiro atoms. The first kappa shape index (κ1) is 22.8. The number of rotatable bonds is 7. The highest BCUT2D eigenvalue weighted by Crippen LogP contribution is 2.44. The van der Waals surface area contributed by atoms with Crippen LogP contribution < -0.4 is 10.6 Å². The lowest BCUT2D eigenvalue weighted by atomic mass is 9.89. The highest BCUT2D eigenvalue weighted by atomic mass is 16.5. The summed E-state index contributed by atoms with van der Waals surface area (Å²) in [6.45, 7) is 2.38. The maximum absolute atomic E-state index is 12.8. The number of ether oxygens (including phenoxy) is 2. The molecule has 1 aliphatic carbocycles. The highest BCUT2D eigenvalue weighted by Gasteiger charge is 2.42. The van der Waals surface area contributed by atoms with E-state index in [1.54, 1.807) is 6.92 Å². The third kappa shape index (κ3) is 4.57. The number of carboxylic acid groups (broad SMARTS) is 1. The van der Waals surface area contributed by atoms with E-state index < -0.39 is 29.6 Å². The molecule has 1 saturated heterocycles. The molecule has 1 aliphatic heterocycles. The predicted molar refractivity (Wildman–Crippen MR) is 121 cm³/mol.